The molecule has 1 aromatic heterocycles. The Bertz CT molecular complexity index is 536. The van der Waals surface area contributed by atoms with E-state index in [1.165, 1.54) is 10.5 Å². The highest BCUT2D eigenvalue weighted by molar-refractivity contribution is 6.21. The van der Waals surface area contributed by atoms with Crippen LogP contribution in [-0.4, -0.2) is 16.8 Å². The zero-order chi connectivity index (χ0) is 12.7. The number of nitrogens with zero attached hydrogens (tertiary/aromatic N) is 2. The number of hydrogen-bond acceptors (Lipinski definition) is 3. The Labute approximate surface area is 105 Å². The molecular formula is C14H14N2O2. The molecule has 2 amide bonds. The minimum absolute atomic E-state index is 0.101. The molecular weight excluding hydrogens is 228 g/mol. The Balaban J connectivity index is 1.96. The smallest absolute Gasteiger partial charge is 0.239 e. The van der Waals surface area contributed by atoms with Crippen LogP contribution in [0.25, 0.3) is 0 Å². The van der Waals surface area contributed by atoms with Gasteiger partial charge in [0.2, 0.25) is 11.8 Å². The first kappa shape index (κ1) is 11.1. The van der Waals surface area contributed by atoms with Crippen molar-refractivity contribution in [3.05, 3.63) is 36.0 Å². The van der Waals surface area contributed by atoms with Crippen LogP contribution < -0.4 is 4.90 Å². The number of amides is 2. The van der Waals surface area contributed by atoms with E-state index in [-0.39, 0.29) is 23.7 Å². The number of imide groups is 1. The van der Waals surface area contributed by atoms with Crippen LogP contribution in [0.2, 0.25) is 0 Å². The highest BCUT2D eigenvalue weighted by Crippen LogP contribution is 2.38. The molecule has 1 fully saturated rings. The minimum atomic E-state index is -0.191. The number of aromatic nitrogens is 1. The Morgan fingerprint density at radius 1 is 1.22 bits per heavy atom. The average Bonchev–Trinajstić information content (AvgIpc) is 2.63. The monoisotopic (exact) mass is 242 g/mol. The lowest BCUT2D eigenvalue weighted by Crippen LogP contribution is -2.31. The second-order valence-corrected chi connectivity index (χ2v) is 4.90. The van der Waals surface area contributed by atoms with Crippen molar-refractivity contribution in [2.45, 2.75) is 19.8 Å². The molecule has 0 spiro atoms. The second-order valence-electron chi connectivity index (χ2n) is 4.90. The van der Waals surface area contributed by atoms with Gasteiger partial charge in [-0.1, -0.05) is 17.7 Å². The van der Waals surface area contributed by atoms with E-state index in [9.17, 15) is 9.59 Å². The van der Waals surface area contributed by atoms with E-state index in [1.54, 1.807) is 24.4 Å². The lowest BCUT2D eigenvalue weighted by molar-refractivity contribution is -0.122. The predicted octanol–water partition coefficient (Wildman–Crippen LogP) is 1.93. The number of hydrogen-bond donors (Lipinski definition) is 0. The van der Waals surface area contributed by atoms with Gasteiger partial charge in [-0.15, -0.1) is 0 Å². The summed E-state index contributed by atoms with van der Waals surface area (Å²) in [7, 11) is 0. The summed E-state index contributed by atoms with van der Waals surface area (Å²) >= 11 is 0. The minimum Gasteiger partial charge on any atom is -0.274 e. The summed E-state index contributed by atoms with van der Waals surface area (Å²) in [6.45, 7) is 2.01. The van der Waals surface area contributed by atoms with Gasteiger partial charge in [0, 0.05) is 6.20 Å². The van der Waals surface area contributed by atoms with Gasteiger partial charge in [0.25, 0.3) is 0 Å². The van der Waals surface area contributed by atoms with E-state index in [4.69, 9.17) is 0 Å². The van der Waals surface area contributed by atoms with Gasteiger partial charge in [0.05, 0.1) is 11.8 Å². The van der Waals surface area contributed by atoms with Gasteiger partial charge < -0.3 is 0 Å². The molecule has 0 aromatic carbocycles. The van der Waals surface area contributed by atoms with Crippen molar-refractivity contribution in [3.8, 4) is 0 Å². The number of pyridine rings is 1. The summed E-state index contributed by atoms with van der Waals surface area (Å²) < 4.78 is 0. The second kappa shape index (κ2) is 4.05. The Kier molecular flexibility index (Phi) is 2.51. The lowest BCUT2D eigenvalue weighted by Gasteiger charge is -2.18. The molecule has 0 N–H and O–H groups in total. The fourth-order valence-electron chi connectivity index (χ4n) is 2.75. The van der Waals surface area contributed by atoms with Gasteiger partial charge in [-0.25, -0.2) is 9.88 Å². The Morgan fingerprint density at radius 2 is 2.00 bits per heavy atom. The van der Waals surface area contributed by atoms with Crippen LogP contribution in [-0.2, 0) is 9.59 Å². The molecule has 92 valence electrons. The summed E-state index contributed by atoms with van der Waals surface area (Å²) in [6, 6.07) is 5.26. The zero-order valence-electron chi connectivity index (χ0n) is 10.2. The first-order valence-electron chi connectivity index (χ1n) is 6.13. The van der Waals surface area contributed by atoms with Crippen LogP contribution in [0, 0.1) is 11.8 Å². The molecule has 0 unspecified atom stereocenters. The molecule has 2 heterocycles. The molecule has 2 aliphatic rings. The van der Waals surface area contributed by atoms with E-state index in [0.717, 1.165) is 0 Å². The summed E-state index contributed by atoms with van der Waals surface area (Å²) in [5.41, 5.74) is 1.19. The lowest BCUT2D eigenvalue weighted by atomic mass is 9.82. The van der Waals surface area contributed by atoms with E-state index < -0.39 is 0 Å². The average molecular weight is 242 g/mol. The number of anilines is 1. The summed E-state index contributed by atoms with van der Waals surface area (Å²) in [5.74, 6) is -0.143. The van der Waals surface area contributed by atoms with Gasteiger partial charge in [-0.3, -0.25) is 9.59 Å². The SMILES string of the molecule is CC1=CC[C@H]2C(=O)N(c3ccccn3)C(=O)[C@@H]2C1. The molecule has 18 heavy (non-hydrogen) atoms. The number of fused-ring (bicyclic) bond motifs is 1. The van der Waals surface area contributed by atoms with Gasteiger partial charge in [-0.05, 0) is 31.9 Å². The van der Waals surface area contributed by atoms with E-state index in [0.29, 0.717) is 18.7 Å². The topological polar surface area (TPSA) is 50.3 Å². The van der Waals surface area contributed by atoms with Crippen LogP contribution in [0.4, 0.5) is 5.82 Å². The molecule has 0 radical (unpaired) electrons. The maximum atomic E-state index is 12.3. The molecule has 1 aliphatic carbocycles. The van der Waals surface area contributed by atoms with Gasteiger partial charge in [0.1, 0.15) is 5.82 Å². The normalized spacial score (nSPS) is 27.2. The van der Waals surface area contributed by atoms with Crippen LogP contribution in [0.5, 0.6) is 0 Å². The third-order valence-corrected chi connectivity index (χ3v) is 3.70. The molecule has 4 heteroatoms. The molecule has 1 saturated heterocycles. The number of allylic oxidation sites excluding steroid dienone is 2. The van der Waals surface area contributed by atoms with E-state index >= 15 is 0 Å². The quantitative estimate of drug-likeness (QED) is 0.558. The van der Waals surface area contributed by atoms with Crippen LogP contribution >= 0.6 is 0 Å². The number of carbonyl (C=O) groups excluding carboxylic acids is 2. The highest BCUT2D eigenvalue weighted by Gasteiger charge is 2.48. The predicted molar refractivity (Wildman–Crippen MR) is 66.7 cm³/mol. The fraction of sp³-hybridized carbons (Fsp3) is 0.357. The molecule has 1 aromatic rings. The molecule has 0 saturated carbocycles. The van der Waals surface area contributed by atoms with Crippen molar-refractivity contribution in [3.63, 3.8) is 0 Å². The van der Waals surface area contributed by atoms with Gasteiger partial charge >= 0.3 is 0 Å². The summed E-state index contributed by atoms with van der Waals surface area (Å²) in [6.07, 6.45) is 5.03. The maximum absolute atomic E-state index is 12.3. The number of rotatable bonds is 1. The summed E-state index contributed by atoms with van der Waals surface area (Å²) in [5, 5.41) is 0. The standard InChI is InChI=1S/C14H14N2O2/c1-9-5-6-10-11(8-9)14(18)16(13(10)17)12-4-2-3-7-15-12/h2-5,7,10-11H,6,8H2,1H3/t10-,11-/m1/s1. The van der Waals surface area contributed by atoms with Crippen LogP contribution in [0.1, 0.15) is 19.8 Å². The van der Waals surface area contributed by atoms with E-state index in [2.05, 4.69) is 11.1 Å². The van der Waals surface area contributed by atoms with Crippen molar-refractivity contribution in [2.24, 2.45) is 11.8 Å². The third-order valence-electron chi connectivity index (χ3n) is 3.70. The molecule has 0 bridgehead atoms. The summed E-state index contributed by atoms with van der Waals surface area (Å²) in [4.78, 5) is 30.0. The fourth-order valence-corrected chi connectivity index (χ4v) is 2.75. The van der Waals surface area contributed by atoms with Crippen molar-refractivity contribution >= 4 is 17.6 Å². The van der Waals surface area contributed by atoms with Gasteiger partial charge in [-0.2, -0.15) is 0 Å². The van der Waals surface area contributed by atoms with Gasteiger partial charge in [0.15, 0.2) is 0 Å². The third kappa shape index (κ3) is 1.56. The first-order valence-corrected chi connectivity index (χ1v) is 6.13. The largest absolute Gasteiger partial charge is 0.274 e. The zero-order valence-corrected chi connectivity index (χ0v) is 10.2. The van der Waals surface area contributed by atoms with Crippen molar-refractivity contribution in [2.75, 3.05) is 4.90 Å². The Morgan fingerprint density at radius 3 is 2.72 bits per heavy atom. The van der Waals surface area contributed by atoms with Crippen molar-refractivity contribution in [1.82, 2.24) is 4.98 Å². The first-order chi connectivity index (χ1) is 8.68. The number of carbonyl (C=O) groups is 2. The molecule has 1 aliphatic heterocycles. The molecule has 2 atom stereocenters. The van der Waals surface area contributed by atoms with Crippen molar-refractivity contribution in [1.29, 1.82) is 0 Å². The molecule has 4 nitrogen and oxygen atoms in total. The highest BCUT2D eigenvalue weighted by atomic mass is 16.2. The van der Waals surface area contributed by atoms with Crippen LogP contribution in [0.3, 0.4) is 0 Å². The Hall–Kier alpha value is -1.97. The maximum Gasteiger partial charge on any atom is 0.239 e. The van der Waals surface area contributed by atoms with E-state index in [1.807, 2.05) is 6.92 Å². The van der Waals surface area contributed by atoms with Crippen LogP contribution in [0.15, 0.2) is 36.0 Å². The molecule has 3 rings (SSSR count). The van der Waals surface area contributed by atoms with Crippen molar-refractivity contribution < 1.29 is 9.59 Å².